The highest BCUT2D eigenvalue weighted by atomic mass is 16.3. The molecule has 36 heavy (non-hydrogen) atoms. The SMILES string of the molecule is Oc1ccc(Cc2ccccc2)cc1/C=N\Nc1nc(Nc2ccccc2)nc(N2CCCCC2)n1. The molecule has 8 heteroatoms. The molecule has 1 aliphatic heterocycles. The highest BCUT2D eigenvalue weighted by Gasteiger charge is 2.16. The first-order chi connectivity index (χ1) is 17.7. The van der Waals surface area contributed by atoms with Gasteiger partial charge < -0.3 is 15.3 Å². The van der Waals surface area contributed by atoms with E-state index in [1.807, 2.05) is 60.7 Å². The Morgan fingerprint density at radius 1 is 0.806 bits per heavy atom. The van der Waals surface area contributed by atoms with Gasteiger partial charge in [-0.1, -0.05) is 54.6 Å². The third-order valence-corrected chi connectivity index (χ3v) is 6.00. The van der Waals surface area contributed by atoms with Crippen LogP contribution in [0.3, 0.4) is 0 Å². The fourth-order valence-corrected chi connectivity index (χ4v) is 4.17. The number of aromatic nitrogens is 3. The van der Waals surface area contributed by atoms with E-state index in [9.17, 15) is 5.11 Å². The summed E-state index contributed by atoms with van der Waals surface area (Å²) in [5.74, 6) is 1.56. The average Bonchev–Trinajstić information content (AvgIpc) is 2.92. The Morgan fingerprint density at radius 2 is 1.53 bits per heavy atom. The Hall–Kier alpha value is -4.46. The lowest BCUT2D eigenvalue weighted by Gasteiger charge is -2.26. The molecule has 0 radical (unpaired) electrons. The summed E-state index contributed by atoms with van der Waals surface area (Å²) < 4.78 is 0. The molecule has 0 atom stereocenters. The molecule has 0 amide bonds. The second-order valence-corrected chi connectivity index (χ2v) is 8.75. The predicted molar refractivity (Wildman–Crippen MR) is 144 cm³/mol. The standard InChI is InChI=1S/C28H29N7O/c36-25-15-14-22(18-21-10-4-1-5-11-21)19-23(25)20-29-34-27-31-26(30-24-12-6-2-7-13-24)32-28(33-27)35-16-8-3-9-17-35/h1-2,4-7,10-15,19-20,36H,3,8-9,16-18H2,(H2,30,31,32,33,34)/b29-20-. The van der Waals surface area contributed by atoms with E-state index in [2.05, 4.69) is 47.8 Å². The number of phenolic OH excluding ortho intramolecular Hbond substituents is 1. The molecule has 5 rings (SSSR count). The second kappa shape index (κ2) is 11.3. The molecule has 1 saturated heterocycles. The molecule has 1 fully saturated rings. The largest absolute Gasteiger partial charge is 0.507 e. The number of rotatable bonds is 8. The van der Waals surface area contributed by atoms with E-state index >= 15 is 0 Å². The molecule has 2 heterocycles. The minimum Gasteiger partial charge on any atom is -0.507 e. The van der Waals surface area contributed by atoms with Gasteiger partial charge in [-0.25, -0.2) is 5.43 Å². The summed E-state index contributed by atoms with van der Waals surface area (Å²) in [5.41, 5.74) is 6.72. The Kier molecular flexibility index (Phi) is 7.32. The van der Waals surface area contributed by atoms with Crippen molar-refractivity contribution in [3.63, 3.8) is 0 Å². The molecule has 182 valence electrons. The molecular formula is C28H29N7O. The van der Waals surface area contributed by atoms with Gasteiger partial charge in [0.05, 0.1) is 6.21 Å². The summed E-state index contributed by atoms with van der Waals surface area (Å²) in [6.45, 7) is 1.83. The Morgan fingerprint density at radius 3 is 2.31 bits per heavy atom. The zero-order valence-electron chi connectivity index (χ0n) is 20.0. The quantitative estimate of drug-likeness (QED) is 0.231. The summed E-state index contributed by atoms with van der Waals surface area (Å²) >= 11 is 0. The lowest BCUT2D eigenvalue weighted by molar-refractivity contribution is 0.474. The van der Waals surface area contributed by atoms with Crippen molar-refractivity contribution in [3.8, 4) is 5.75 Å². The van der Waals surface area contributed by atoms with E-state index in [1.54, 1.807) is 12.3 Å². The van der Waals surface area contributed by atoms with Crippen molar-refractivity contribution in [1.82, 2.24) is 15.0 Å². The Balaban J connectivity index is 1.35. The molecule has 0 spiro atoms. The minimum absolute atomic E-state index is 0.161. The van der Waals surface area contributed by atoms with Crippen LogP contribution in [0.1, 0.15) is 36.0 Å². The van der Waals surface area contributed by atoms with Crippen molar-refractivity contribution < 1.29 is 5.11 Å². The molecule has 3 aromatic carbocycles. The molecule has 0 bridgehead atoms. The summed E-state index contributed by atoms with van der Waals surface area (Å²) in [6, 6.07) is 25.6. The Labute approximate surface area is 210 Å². The fraction of sp³-hybridized carbons (Fsp3) is 0.214. The van der Waals surface area contributed by atoms with Gasteiger partial charge in [0.2, 0.25) is 17.8 Å². The number of para-hydroxylation sites is 1. The highest BCUT2D eigenvalue weighted by molar-refractivity contribution is 5.84. The number of hydrogen-bond donors (Lipinski definition) is 3. The van der Waals surface area contributed by atoms with Crippen LogP contribution in [-0.4, -0.2) is 39.4 Å². The maximum atomic E-state index is 10.3. The molecule has 4 aromatic rings. The number of phenols is 1. The van der Waals surface area contributed by atoms with Gasteiger partial charge in [0.15, 0.2) is 0 Å². The normalized spacial score (nSPS) is 13.6. The van der Waals surface area contributed by atoms with Gasteiger partial charge in [-0.2, -0.15) is 20.1 Å². The third-order valence-electron chi connectivity index (χ3n) is 6.00. The minimum atomic E-state index is 0.161. The van der Waals surface area contributed by atoms with Crippen molar-refractivity contribution in [1.29, 1.82) is 0 Å². The fourth-order valence-electron chi connectivity index (χ4n) is 4.17. The lowest BCUT2D eigenvalue weighted by atomic mass is 10.0. The first-order valence-corrected chi connectivity index (χ1v) is 12.2. The molecule has 0 unspecified atom stereocenters. The predicted octanol–water partition coefficient (Wildman–Crippen LogP) is 5.35. The number of hydrogen-bond acceptors (Lipinski definition) is 8. The van der Waals surface area contributed by atoms with Gasteiger partial charge in [0.25, 0.3) is 0 Å². The number of piperidine rings is 1. The van der Waals surface area contributed by atoms with Crippen molar-refractivity contribution in [3.05, 3.63) is 95.6 Å². The van der Waals surface area contributed by atoms with Crippen LogP contribution >= 0.6 is 0 Å². The van der Waals surface area contributed by atoms with E-state index in [0.29, 0.717) is 23.4 Å². The average molecular weight is 480 g/mol. The smallest absolute Gasteiger partial charge is 0.250 e. The van der Waals surface area contributed by atoms with Crippen LogP contribution in [0.4, 0.5) is 23.5 Å². The van der Waals surface area contributed by atoms with E-state index in [4.69, 9.17) is 0 Å². The van der Waals surface area contributed by atoms with Crippen molar-refractivity contribution in [2.45, 2.75) is 25.7 Å². The molecule has 0 saturated carbocycles. The first-order valence-electron chi connectivity index (χ1n) is 12.2. The lowest BCUT2D eigenvalue weighted by Crippen LogP contribution is -2.31. The number of nitrogens with one attached hydrogen (secondary N) is 2. The van der Waals surface area contributed by atoms with Gasteiger partial charge in [-0.05, 0) is 61.1 Å². The zero-order chi connectivity index (χ0) is 24.6. The number of anilines is 4. The third kappa shape index (κ3) is 6.15. The molecule has 3 N–H and O–H groups in total. The van der Waals surface area contributed by atoms with E-state index in [0.717, 1.165) is 43.6 Å². The monoisotopic (exact) mass is 479 g/mol. The van der Waals surface area contributed by atoms with Crippen LogP contribution in [0.2, 0.25) is 0 Å². The summed E-state index contributed by atoms with van der Waals surface area (Å²) in [5, 5.41) is 17.9. The van der Waals surface area contributed by atoms with Crippen LogP contribution < -0.4 is 15.6 Å². The van der Waals surface area contributed by atoms with Gasteiger partial charge in [-0.15, -0.1) is 0 Å². The van der Waals surface area contributed by atoms with Crippen LogP contribution in [-0.2, 0) is 6.42 Å². The number of nitrogens with zero attached hydrogens (tertiary/aromatic N) is 5. The van der Waals surface area contributed by atoms with E-state index < -0.39 is 0 Å². The van der Waals surface area contributed by atoms with Crippen molar-refractivity contribution in [2.75, 3.05) is 28.7 Å². The van der Waals surface area contributed by atoms with Gasteiger partial charge in [-0.3, -0.25) is 0 Å². The van der Waals surface area contributed by atoms with Gasteiger partial charge >= 0.3 is 0 Å². The number of aromatic hydroxyl groups is 1. The molecular weight excluding hydrogens is 450 g/mol. The van der Waals surface area contributed by atoms with Gasteiger partial charge in [0.1, 0.15) is 5.75 Å². The Bertz CT molecular complexity index is 1310. The van der Waals surface area contributed by atoms with Crippen molar-refractivity contribution in [2.24, 2.45) is 5.10 Å². The molecule has 1 aromatic heterocycles. The van der Waals surface area contributed by atoms with Crippen LogP contribution in [0, 0.1) is 0 Å². The van der Waals surface area contributed by atoms with Crippen LogP contribution in [0.15, 0.2) is 84.0 Å². The van der Waals surface area contributed by atoms with Gasteiger partial charge in [0, 0.05) is 24.3 Å². The van der Waals surface area contributed by atoms with E-state index in [-0.39, 0.29) is 5.75 Å². The summed E-state index contributed by atoms with van der Waals surface area (Å²) in [4.78, 5) is 15.9. The van der Waals surface area contributed by atoms with Crippen LogP contribution in [0.25, 0.3) is 0 Å². The first kappa shape index (κ1) is 23.3. The maximum Gasteiger partial charge on any atom is 0.250 e. The molecule has 0 aliphatic carbocycles. The number of hydrazone groups is 1. The van der Waals surface area contributed by atoms with E-state index in [1.165, 1.54) is 12.0 Å². The summed E-state index contributed by atoms with van der Waals surface area (Å²) in [6.07, 6.45) is 5.81. The van der Waals surface area contributed by atoms with Crippen LogP contribution in [0.5, 0.6) is 5.75 Å². The maximum absolute atomic E-state index is 10.3. The number of benzene rings is 3. The zero-order valence-corrected chi connectivity index (χ0v) is 20.0. The van der Waals surface area contributed by atoms with Crippen molar-refractivity contribution >= 4 is 29.7 Å². The topological polar surface area (TPSA) is 98.6 Å². The highest BCUT2D eigenvalue weighted by Crippen LogP contribution is 2.22. The summed E-state index contributed by atoms with van der Waals surface area (Å²) in [7, 11) is 0. The molecule has 1 aliphatic rings. The molecule has 8 nitrogen and oxygen atoms in total. The second-order valence-electron chi connectivity index (χ2n) is 8.75.